The predicted octanol–water partition coefficient (Wildman–Crippen LogP) is 7.38. The van der Waals surface area contributed by atoms with E-state index in [4.69, 9.17) is 9.47 Å². The molecule has 44 heavy (non-hydrogen) atoms. The fraction of sp³-hybridized carbons (Fsp3) is 0.108. The van der Waals surface area contributed by atoms with Crippen LogP contribution in [0.15, 0.2) is 133 Å². The molecule has 1 aromatic heterocycles. The molecule has 0 aliphatic carbocycles. The smallest absolute Gasteiger partial charge is 0.295 e. The number of benzene rings is 4. The Bertz CT molecular complexity index is 1820. The van der Waals surface area contributed by atoms with Crippen molar-refractivity contribution < 1.29 is 24.2 Å². The maximum Gasteiger partial charge on any atom is 0.295 e. The van der Waals surface area contributed by atoms with Gasteiger partial charge in [0, 0.05) is 24.5 Å². The molecular formula is C37H30N2O5. The second-order valence-corrected chi connectivity index (χ2v) is 10.6. The zero-order valence-corrected chi connectivity index (χ0v) is 24.1. The number of pyridine rings is 1. The Labute approximate surface area is 255 Å². The Hall–Kier alpha value is -5.69. The number of rotatable bonds is 9. The molecule has 0 bridgehead atoms. The number of amides is 1. The highest BCUT2D eigenvalue weighted by Gasteiger charge is 2.46. The summed E-state index contributed by atoms with van der Waals surface area (Å²) >= 11 is 0. The van der Waals surface area contributed by atoms with Gasteiger partial charge in [0.15, 0.2) is 0 Å². The van der Waals surface area contributed by atoms with Crippen molar-refractivity contribution in [2.45, 2.75) is 26.1 Å². The van der Waals surface area contributed by atoms with E-state index in [-0.39, 0.29) is 17.9 Å². The van der Waals surface area contributed by atoms with Gasteiger partial charge < -0.3 is 19.5 Å². The lowest BCUT2D eigenvalue weighted by Gasteiger charge is -2.25. The summed E-state index contributed by atoms with van der Waals surface area (Å²) in [5.74, 6) is 0.101. The lowest BCUT2D eigenvalue weighted by molar-refractivity contribution is -0.140. The van der Waals surface area contributed by atoms with Crippen LogP contribution in [0.1, 0.15) is 33.9 Å². The SMILES string of the molecule is Cc1cccc(COc2ccc(/C(O)=C3/C(=O)C(=O)N(Cc4ccncc4)C3c3cccc(Oc4ccccc4)c3)cc2)c1. The number of hydrogen-bond acceptors (Lipinski definition) is 6. The average molecular weight is 583 g/mol. The molecule has 218 valence electrons. The molecule has 1 N–H and O–H groups in total. The number of Topliss-reactive ketones (excluding diaryl/α,β-unsaturated/α-hetero) is 1. The van der Waals surface area contributed by atoms with Gasteiger partial charge >= 0.3 is 0 Å². The molecular weight excluding hydrogens is 552 g/mol. The van der Waals surface area contributed by atoms with Crippen molar-refractivity contribution in [1.29, 1.82) is 0 Å². The van der Waals surface area contributed by atoms with Gasteiger partial charge in [0.2, 0.25) is 0 Å². The van der Waals surface area contributed by atoms with E-state index >= 15 is 0 Å². The fourth-order valence-corrected chi connectivity index (χ4v) is 5.28. The maximum absolute atomic E-state index is 13.6. The standard InChI is InChI=1S/C37H30N2O5/c1-25-7-5-8-27(21-25)24-43-30-15-13-28(14-16-30)35(40)33-34(39(37(42)36(33)41)23-26-17-19-38-20-18-26)29-9-6-12-32(22-29)44-31-10-3-2-4-11-31/h2-22,34,40H,23-24H2,1H3/b35-33-. The number of nitrogens with zero attached hydrogens (tertiary/aromatic N) is 2. The van der Waals surface area contributed by atoms with Gasteiger partial charge in [-0.05, 0) is 84.3 Å². The molecule has 1 atom stereocenters. The molecule has 4 aromatic carbocycles. The van der Waals surface area contributed by atoms with Gasteiger partial charge in [-0.15, -0.1) is 0 Å². The summed E-state index contributed by atoms with van der Waals surface area (Å²) in [5, 5.41) is 11.6. The number of carbonyl (C=O) groups is 2. The summed E-state index contributed by atoms with van der Waals surface area (Å²) in [5.41, 5.74) is 4.04. The van der Waals surface area contributed by atoms with E-state index in [1.807, 2.05) is 61.5 Å². The molecule has 1 aliphatic rings. The Kier molecular flexibility index (Phi) is 8.19. The van der Waals surface area contributed by atoms with Crippen molar-refractivity contribution in [2.75, 3.05) is 0 Å². The van der Waals surface area contributed by atoms with E-state index in [2.05, 4.69) is 11.1 Å². The van der Waals surface area contributed by atoms with E-state index in [9.17, 15) is 14.7 Å². The van der Waals surface area contributed by atoms with Crippen molar-refractivity contribution in [1.82, 2.24) is 9.88 Å². The van der Waals surface area contributed by atoms with Gasteiger partial charge in [0.1, 0.15) is 29.6 Å². The summed E-state index contributed by atoms with van der Waals surface area (Å²) in [6, 6.07) is 34.2. The zero-order valence-electron chi connectivity index (χ0n) is 24.1. The van der Waals surface area contributed by atoms with Crippen LogP contribution >= 0.6 is 0 Å². The normalized spacial score (nSPS) is 15.8. The van der Waals surface area contributed by atoms with Gasteiger partial charge in [-0.3, -0.25) is 14.6 Å². The van der Waals surface area contributed by atoms with E-state index in [1.54, 1.807) is 67.0 Å². The molecule has 1 amide bonds. The second-order valence-electron chi connectivity index (χ2n) is 10.6. The predicted molar refractivity (Wildman–Crippen MR) is 167 cm³/mol. The Morgan fingerprint density at radius 3 is 2.25 bits per heavy atom. The van der Waals surface area contributed by atoms with Crippen LogP contribution in [0, 0.1) is 6.92 Å². The van der Waals surface area contributed by atoms with Gasteiger partial charge in [-0.1, -0.05) is 60.2 Å². The molecule has 1 unspecified atom stereocenters. The molecule has 7 heteroatoms. The lowest BCUT2D eigenvalue weighted by atomic mass is 9.95. The number of ether oxygens (including phenoxy) is 2. The molecule has 1 saturated heterocycles. The monoisotopic (exact) mass is 582 g/mol. The number of aromatic nitrogens is 1. The molecule has 2 heterocycles. The first-order valence-corrected chi connectivity index (χ1v) is 14.3. The third-order valence-electron chi connectivity index (χ3n) is 7.41. The van der Waals surface area contributed by atoms with Crippen molar-refractivity contribution in [3.63, 3.8) is 0 Å². The fourth-order valence-electron chi connectivity index (χ4n) is 5.28. The summed E-state index contributed by atoms with van der Waals surface area (Å²) in [7, 11) is 0. The molecule has 0 radical (unpaired) electrons. The van der Waals surface area contributed by atoms with E-state index < -0.39 is 17.7 Å². The van der Waals surface area contributed by atoms with Gasteiger partial charge in [0.25, 0.3) is 11.7 Å². The molecule has 6 rings (SSSR count). The minimum absolute atomic E-state index is 0.00865. The van der Waals surface area contributed by atoms with Gasteiger partial charge in [-0.25, -0.2) is 0 Å². The molecule has 5 aromatic rings. The third kappa shape index (κ3) is 6.22. The topological polar surface area (TPSA) is 89.0 Å². The van der Waals surface area contributed by atoms with E-state index in [0.29, 0.717) is 35.0 Å². The molecule has 0 saturated carbocycles. The molecule has 1 fully saturated rings. The number of para-hydroxylation sites is 1. The molecule has 1 aliphatic heterocycles. The number of aliphatic hydroxyl groups is 1. The minimum atomic E-state index is -0.847. The van der Waals surface area contributed by atoms with Crippen LogP contribution in [-0.2, 0) is 22.7 Å². The van der Waals surface area contributed by atoms with E-state index in [1.165, 1.54) is 4.90 Å². The Balaban J connectivity index is 1.34. The largest absolute Gasteiger partial charge is 0.507 e. The minimum Gasteiger partial charge on any atom is -0.507 e. The third-order valence-corrected chi connectivity index (χ3v) is 7.41. The van der Waals surface area contributed by atoms with Gasteiger partial charge in [0.05, 0.1) is 11.6 Å². The summed E-state index contributed by atoms with van der Waals surface area (Å²) < 4.78 is 12.0. The van der Waals surface area contributed by atoms with E-state index in [0.717, 1.165) is 16.7 Å². The number of ketones is 1. The average Bonchev–Trinajstić information content (AvgIpc) is 3.30. The summed E-state index contributed by atoms with van der Waals surface area (Å²) in [4.78, 5) is 32.6. The lowest BCUT2D eigenvalue weighted by Crippen LogP contribution is -2.29. The van der Waals surface area contributed by atoms with Crippen molar-refractivity contribution in [3.05, 3.63) is 161 Å². The highest BCUT2D eigenvalue weighted by molar-refractivity contribution is 6.46. The number of likely N-dealkylation sites (tertiary alicyclic amines) is 1. The Morgan fingerprint density at radius 2 is 1.50 bits per heavy atom. The number of hydrogen-bond donors (Lipinski definition) is 1. The maximum atomic E-state index is 13.6. The zero-order chi connectivity index (χ0) is 30.5. The first kappa shape index (κ1) is 28.4. The van der Waals surface area contributed by atoms with Crippen LogP contribution in [0.5, 0.6) is 17.2 Å². The first-order valence-electron chi connectivity index (χ1n) is 14.3. The summed E-state index contributed by atoms with van der Waals surface area (Å²) in [6.07, 6.45) is 3.27. The number of aryl methyl sites for hydroxylation is 1. The highest BCUT2D eigenvalue weighted by Crippen LogP contribution is 2.41. The van der Waals surface area contributed by atoms with Crippen LogP contribution < -0.4 is 9.47 Å². The summed E-state index contributed by atoms with van der Waals surface area (Å²) in [6.45, 7) is 2.58. The number of aliphatic hydroxyl groups excluding tert-OH is 1. The van der Waals surface area contributed by atoms with Crippen LogP contribution in [-0.4, -0.2) is 26.7 Å². The van der Waals surface area contributed by atoms with Crippen LogP contribution in [0.4, 0.5) is 0 Å². The van der Waals surface area contributed by atoms with Gasteiger partial charge in [-0.2, -0.15) is 0 Å². The van der Waals surface area contributed by atoms with Crippen LogP contribution in [0.3, 0.4) is 0 Å². The van der Waals surface area contributed by atoms with Crippen LogP contribution in [0.25, 0.3) is 5.76 Å². The molecule has 7 nitrogen and oxygen atoms in total. The quantitative estimate of drug-likeness (QED) is 0.111. The number of carbonyl (C=O) groups excluding carboxylic acids is 2. The van der Waals surface area contributed by atoms with Crippen LogP contribution in [0.2, 0.25) is 0 Å². The Morgan fingerprint density at radius 1 is 0.773 bits per heavy atom. The van der Waals surface area contributed by atoms with Crippen molar-refractivity contribution >= 4 is 17.4 Å². The van der Waals surface area contributed by atoms with Crippen molar-refractivity contribution in [2.24, 2.45) is 0 Å². The molecule has 0 spiro atoms. The second kappa shape index (κ2) is 12.7. The highest BCUT2D eigenvalue weighted by atomic mass is 16.5. The first-order chi connectivity index (χ1) is 21.5. The van der Waals surface area contributed by atoms with Crippen molar-refractivity contribution in [3.8, 4) is 17.2 Å².